The highest BCUT2D eigenvalue weighted by atomic mass is 19.1. The first-order chi connectivity index (χ1) is 9.17. The molecule has 0 radical (unpaired) electrons. The van der Waals surface area contributed by atoms with E-state index in [2.05, 4.69) is 5.73 Å². The number of benzene rings is 2. The van der Waals surface area contributed by atoms with E-state index in [4.69, 9.17) is 9.47 Å². The van der Waals surface area contributed by atoms with Crippen LogP contribution in [-0.4, -0.2) is 6.16 Å². The van der Waals surface area contributed by atoms with E-state index in [1.165, 1.54) is 24.3 Å². The lowest BCUT2D eigenvalue weighted by molar-refractivity contribution is -0.386. The van der Waals surface area contributed by atoms with Gasteiger partial charge in [-0.05, 0) is 48.5 Å². The lowest BCUT2D eigenvalue weighted by atomic mass is 10.2. The smallest absolute Gasteiger partial charge is 0.395 e. The van der Waals surface area contributed by atoms with Crippen molar-refractivity contribution < 1.29 is 24.4 Å². The normalized spacial score (nSPS) is 10.0. The molecule has 19 heavy (non-hydrogen) atoms. The fourth-order valence-corrected chi connectivity index (χ4v) is 1.44. The van der Waals surface area contributed by atoms with Crippen molar-refractivity contribution in [3.05, 3.63) is 59.9 Å². The maximum absolute atomic E-state index is 12.7. The minimum absolute atomic E-state index is 0.223. The molecule has 0 aliphatic carbocycles. The summed E-state index contributed by atoms with van der Waals surface area (Å²) in [5.74, 6) is 0.203. The van der Waals surface area contributed by atoms with Crippen LogP contribution in [0.3, 0.4) is 0 Å². The summed E-state index contributed by atoms with van der Waals surface area (Å²) in [5.41, 5.74) is 4.79. The van der Waals surface area contributed by atoms with Gasteiger partial charge in [0, 0.05) is 5.56 Å². The SMILES string of the molecule is [NH3+]Cc1ccc(OC(=O)Oc2ccc(F)cc2)cc1. The van der Waals surface area contributed by atoms with Gasteiger partial charge in [-0.1, -0.05) is 0 Å². The van der Waals surface area contributed by atoms with E-state index in [-0.39, 0.29) is 5.75 Å². The summed E-state index contributed by atoms with van der Waals surface area (Å²) in [5, 5.41) is 0. The summed E-state index contributed by atoms with van der Waals surface area (Å²) in [7, 11) is 0. The maximum Gasteiger partial charge on any atom is 0.519 e. The molecule has 0 amide bonds. The quantitative estimate of drug-likeness (QED) is 0.681. The first-order valence-electron chi connectivity index (χ1n) is 5.71. The second kappa shape index (κ2) is 5.97. The van der Waals surface area contributed by atoms with E-state index in [1.807, 2.05) is 12.1 Å². The number of halogens is 1. The Kier molecular flexibility index (Phi) is 4.10. The first-order valence-corrected chi connectivity index (χ1v) is 5.71. The van der Waals surface area contributed by atoms with Crippen molar-refractivity contribution in [2.75, 3.05) is 0 Å². The largest absolute Gasteiger partial charge is 0.519 e. The van der Waals surface area contributed by atoms with Gasteiger partial charge >= 0.3 is 6.16 Å². The molecule has 0 saturated carbocycles. The Balaban J connectivity index is 1.95. The van der Waals surface area contributed by atoms with Crippen LogP contribution in [0.4, 0.5) is 9.18 Å². The van der Waals surface area contributed by atoms with Crippen LogP contribution >= 0.6 is 0 Å². The lowest BCUT2D eigenvalue weighted by Gasteiger charge is -2.05. The second-order valence-corrected chi connectivity index (χ2v) is 3.80. The van der Waals surface area contributed by atoms with E-state index in [0.29, 0.717) is 12.3 Å². The van der Waals surface area contributed by atoms with Crippen LogP contribution in [0.25, 0.3) is 0 Å². The number of hydrogen-bond acceptors (Lipinski definition) is 3. The molecule has 0 saturated heterocycles. The van der Waals surface area contributed by atoms with E-state index in [0.717, 1.165) is 5.56 Å². The Labute approximate surface area is 109 Å². The number of quaternary nitrogens is 1. The Morgan fingerprint density at radius 3 is 1.89 bits per heavy atom. The predicted molar refractivity (Wildman–Crippen MR) is 66.1 cm³/mol. The van der Waals surface area contributed by atoms with Gasteiger partial charge in [-0.25, -0.2) is 9.18 Å². The van der Waals surface area contributed by atoms with Crippen LogP contribution in [-0.2, 0) is 6.54 Å². The fourth-order valence-electron chi connectivity index (χ4n) is 1.44. The van der Waals surface area contributed by atoms with Crippen molar-refractivity contribution in [1.29, 1.82) is 0 Å². The third-order valence-electron chi connectivity index (χ3n) is 2.43. The molecular formula is C14H13FNO3+. The van der Waals surface area contributed by atoms with Crippen molar-refractivity contribution in [3.63, 3.8) is 0 Å². The minimum Gasteiger partial charge on any atom is -0.395 e. The summed E-state index contributed by atoms with van der Waals surface area (Å²) in [6.45, 7) is 0.667. The van der Waals surface area contributed by atoms with Gasteiger partial charge in [0.05, 0.1) is 6.54 Å². The summed E-state index contributed by atoms with van der Waals surface area (Å²) in [4.78, 5) is 11.5. The van der Waals surface area contributed by atoms with Crippen LogP contribution in [0, 0.1) is 5.82 Å². The van der Waals surface area contributed by atoms with Crippen LogP contribution < -0.4 is 15.2 Å². The van der Waals surface area contributed by atoms with Crippen molar-refractivity contribution >= 4 is 6.16 Å². The number of carbonyl (C=O) groups excluding carboxylic acids is 1. The van der Waals surface area contributed by atoms with Gasteiger partial charge in [0.25, 0.3) is 0 Å². The molecule has 0 aromatic heterocycles. The second-order valence-electron chi connectivity index (χ2n) is 3.80. The van der Waals surface area contributed by atoms with Crippen LogP contribution in [0.1, 0.15) is 5.56 Å². The van der Waals surface area contributed by atoms with Crippen LogP contribution in [0.2, 0.25) is 0 Å². The van der Waals surface area contributed by atoms with E-state index in [9.17, 15) is 9.18 Å². The molecule has 2 rings (SSSR count). The van der Waals surface area contributed by atoms with Crippen molar-refractivity contribution in [2.24, 2.45) is 0 Å². The van der Waals surface area contributed by atoms with Gasteiger partial charge in [0.2, 0.25) is 0 Å². The molecule has 98 valence electrons. The molecule has 0 atom stereocenters. The monoisotopic (exact) mass is 262 g/mol. The van der Waals surface area contributed by atoms with Crippen molar-refractivity contribution in [1.82, 2.24) is 0 Å². The van der Waals surface area contributed by atoms with Gasteiger partial charge in [0.1, 0.15) is 17.3 Å². The third kappa shape index (κ3) is 3.79. The highest BCUT2D eigenvalue weighted by Gasteiger charge is 2.08. The molecule has 0 unspecified atom stereocenters. The highest BCUT2D eigenvalue weighted by molar-refractivity contribution is 5.67. The summed E-state index contributed by atoms with van der Waals surface area (Å²) in [6, 6.07) is 12.0. The van der Waals surface area contributed by atoms with Gasteiger partial charge in [0.15, 0.2) is 0 Å². The van der Waals surface area contributed by atoms with E-state index in [1.54, 1.807) is 12.1 Å². The summed E-state index contributed by atoms with van der Waals surface area (Å²) >= 11 is 0. The maximum atomic E-state index is 12.7. The lowest BCUT2D eigenvalue weighted by Crippen LogP contribution is -2.47. The van der Waals surface area contributed by atoms with Crippen molar-refractivity contribution in [2.45, 2.75) is 6.54 Å². The first kappa shape index (κ1) is 13.0. The topological polar surface area (TPSA) is 63.2 Å². The zero-order valence-corrected chi connectivity index (χ0v) is 10.1. The number of rotatable bonds is 3. The molecular weight excluding hydrogens is 249 g/mol. The van der Waals surface area contributed by atoms with Crippen LogP contribution in [0.5, 0.6) is 11.5 Å². The molecule has 4 nitrogen and oxygen atoms in total. The van der Waals surface area contributed by atoms with Gasteiger partial charge in [-0.15, -0.1) is 0 Å². The molecule has 3 N–H and O–H groups in total. The third-order valence-corrected chi connectivity index (χ3v) is 2.43. The molecule has 0 heterocycles. The number of hydrogen-bond donors (Lipinski definition) is 1. The number of ether oxygens (including phenoxy) is 2. The van der Waals surface area contributed by atoms with Crippen LogP contribution in [0.15, 0.2) is 48.5 Å². The number of carbonyl (C=O) groups is 1. The standard InChI is InChI=1S/C14H12FNO3/c15-11-3-7-13(8-4-11)19-14(17)18-12-5-1-10(9-16)2-6-12/h1-8H,9,16H2/p+1. The summed E-state index contributed by atoms with van der Waals surface area (Å²) < 4.78 is 22.5. The molecule has 5 heteroatoms. The molecule has 0 aliphatic heterocycles. The Hall–Kier alpha value is -2.40. The van der Waals surface area contributed by atoms with Gasteiger partial charge in [-0.3, -0.25) is 0 Å². The minimum atomic E-state index is -0.867. The fraction of sp³-hybridized carbons (Fsp3) is 0.0714. The molecule has 0 fully saturated rings. The molecule has 2 aromatic carbocycles. The average Bonchev–Trinajstić information content (AvgIpc) is 2.42. The highest BCUT2D eigenvalue weighted by Crippen LogP contribution is 2.15. The Morgan fingerprint density at radius 1 is 0.947 bits per heavy atom. The summed E-state index contributed by atoms with van der Waals surface area (Å²) in [6.07, 6.45) is -0.867. The zero-order valence-electron chi connectivity index (χ0n) is 10.1. The zero-order chi connectivity index (χ0) is 13.7. The molecule has 0 aliphatic rings. The average molecular weight is 262 g/mol. The molecule has 0 spiro atoms. The van der Waals surface area contributed by atoms with Gasteiger partial charge in [-0.2, -0.15) is 0 Å². The van der Waals surface area contributed by atoms with Gasteiger partial charge < -0.3 is 15.2 Å². The Bertz CT molecular complexity index is 552. The predicted octanol–water partition coefficient (Wildman–Crippen LogP) is 2.15. The molecule has 2 aromatic rings. The van der Waals surface area contributed by atoms with E-state index >= 15 is 0 Å². The van der Waals surface area contributed by atoms with Crippen molar-refractivity contribution in [3.8, 4) is 11.5 Å². The molecule has 0 bridgehead atoms. The Morgan fingerprint density at radius 2 is 1.42 bits per heavy atom. The van der Waals surface area contributed by atoms with E-state index < -0.39 is 12.0 Å².